The van der Waals surface area contributed by atoms with Crippen LogP contribution >= 0.6 is 0 Å². The van der Waals surface area contributed by atoms with E-state index in [-0.39, 0.29) is 18.2 Å². The summed E-state index contributed by atoms with van der Waals surface area (Å²) in [5.74, 6) is -0.0720. The lowest BCUT2D eigenvalue weighted by molar-refractivity contribution is -0.117. The van der Waals surface area contributed by atoms with Crippen molar-refractivity contribution in [1.82, 2.24) is 4.90 Å². The van der Waals surface area contributed by atoms with Crippen LogP contribution < -0.4 is 5.32 Å². The molecule has 0 radical (unpaired) electrons. The van der Waals surface area contributed by atoms with Gasteiger partial charge >= 0.3 is 0 Å². The van der Waals surface area contributed by atoms with Crippen molar-refractivity contribution in [2.45, 2.75) is 20.0 Å². The smallest absolute Gasteiger partial charge is 0.238 e. The Labute approximate surface area is 165 Å². The van der Waals surface area contributed by atoms with E-state index in [2.05, 4.69) is 34.5 Å². The van der Waals surface area contributed by atoms with E-state index in [1.807, 2.05) is 36.4 Å². The minimum absolute atomic E-state index is 0.00905. The van der Waals surface area contributed by atoms with Gasteiger partial charge in [0.25, 0.3) is 0 Å². The molecule has 4 heteroatoms. The fourth-order valence-electron chi connectivity index (χ4n) is 3.04. The van der Waals surface area contributed by atoms with Gasteiger partial charge in [0.2, 0.25) is 5.91 Å². The maximum atomic E-state index is 12.6. The first-order valence-corrected chi connectivity index (χ1v) is 9.31. The van der Waals surface area contributed by atoms with Gasteiger partial charge in [-0.25, -0.2) is 0 Å². The second-order valence-electron chi connectivity index (χ2n) is 6.80. The van der Waals surface area contributed by atoms with Crippen molar-refractivity contribution < 1.29 is 9.59 Å². The van der Waals surface area contributed by atoms with Gasteiger partial charge in [-0.3, -0.25) is 14.5 Å². The first-order valence-electron chi connectivity index (χ1n) is 9.31. The van der Waals surface area contributed by atoms with Crippen LogP contribution in [0.25, 0.3) is 0 Å². The predicted octanol–water partition coefficient (Wildman–Crippen LogP) is 4.53. The highest BCUT2D eigenvalue weighted by atomic mass is 16.2. The van der Waals surface area contributed by atoms with Crippen molar-refractivity contribution in [3.05, 3.63) is 102 Å². The maximum Gasteiger partial charge on any atom is 0.238 e. The first kappa shape index (κ1) is 19.5. The summed E-state index contributed by atoms with van der Waals surface area (Å²) >= 11 is 0. The molecule has 4 nitrogen and oxygen atoms in total. The number of amides is 1. The quantitative estimate of drug-likeness (QED) is 0.591. The maximum absolute atomic E-state index is 12.6. The molecule has 0 saturated heterocycles. The lowest BCUT2D eigenvalue weighted by Crippen LogP contribution is -2.32. The Morgan fingerprint density at radius 2 is 1.25 bits per heavy atom. The minimum atomic E-state index is -0.0811. The van der Waals surface area contributed by atoms with Crippen LogP contribution in [-0.4, -0.2) is 23.1 Å². The molecule has 0 aliphatic rings. The summed E-state index contributed by atoms with van der Waals surface area (Å²) in [7, 11) is 0. The van der Waals surface area contributed by atoms with Gasteiger partial charge in [-0.2, -0.15) is 0 Å². The molecule has 0 aliphatic carbocycles. The number of nitrogens with zero attached hydrogens (tertiary/aromatic N) is 1. The average Bonchev–Trinajstić information content (AvgIpc) is 2.70. The van der Waals surface area contributed by atoms with E-state index in [0.717, 1.165) is 11.1 Å². The molecule has 0 aromatic heterocycles. The van der Waals surface area contributed by atoms with Gasteiger partial charge in [-0.15, -0.1) is 0 Å². The Hall–Kier alpha value is -3.24. The molecule has 3 aromatic rings. The highest BCUT2D eigenvalue weighted by Gasteiger charge is 2.13. The van der Waals surface area contributed by atoms with E-state index in [1.165, 1.54) is 6.92 Å². The Balaban J connectivity index is 1.67. The number of ketones is 1. The Bertz CT molecular complexity index is 865. The normalized spacial score (nSPS) is 10.6. The van der Waals surface area contributed by atoms with Crippen LogP contribution in [0, 0.1) is 0 Å². The van der Waals surface area contributed by atoms with Gasteiger partial charge in [0.15, 0.2) is 5.78 Å². The number of hydrogen-bond acceptors (Lipinski definition) is 3. The molecular formula is C24H24N2O2. The monoisotopic (exact) mass is 372 g/mol. The number of anilines is 1. The Morgan fingerprint density at radius 1 is 0.750 bits per heavy atom. The van der Waals surface area contributed by atoms with Gasteiger partial charge in [-0.1, -0.05) is 60.7 Å². The summed E-state index contributed by atoms with van der Waals surface area (Å²) < 4.78 is 0. The van der Waals surface area contributed by atoms with E-state index in [0.29, 0.717) is 24.3 Å². The van der Waals surface area contributed by atoms with E-state index >= 15 is 0 Å². The summed E-state index contributed by atoms with van der Waals surface area (Å²) in [6.07, 6.45) is 0. The molecule has 0 unspecified atom stereocenters. The highest BCUT2D eigenvalue weighted by Crippen LogP contribution is 2.13. The number of hydrogen-bond donors (Lipinski definition) is 1. The fourth-order valence-corrected chi connectivity index (χ4v) is 3.04. The largest absolute Gasteiger partial charge is 0.325 e. The van der Waals surface area contributed by atoms with Crippen LogP contribution in [0.2, 0.25) is 0 Å². The van der Waals surface area contributed by atoms with E-state index in [4.69, 9.17) is 0 Å². The zero-order valence-corrected chi connectivity index (χ0v) is 16.0. The van der Waals surface area contributed by atoms with Crippen molar-refractivity contribution in [3.63, 3.8) is 0 Å². The second kappa shape index (κ2) is 9.62. The van der Waals surface area contributed by atoms with E-state index in [9.17, 15) is 9.59 Å². The summed E-state index contributed by atoms with van der Waals surface area (Å²) in [5.41, 5.74) is 3.65. The van der Waals surface area contributed by atoms with Gasteiger partial charge in [0.05, 0.1) is 6.54 Å². The molecule has 0 fully saturated rings. The third kappa shape index (κ3) is 5.89. The average molecular weight is 372 g/mol. The summed E-state index contributed by atoms with van der Waals surface area (Å²) in [4.78, 5) is 26.1. The molecular weight excluding hydrogens is 348 g/mol. The molecule has 3 aromatic carbocycles. The molecule has 142 valence electrons. The van der Waals surface area contributed by atoms with Gasteiger partial charge in [0.1, 0.15) is 0 Å². The number of benzene rings is 3. The van der Waals surface area contributed by atoms with Crippen LogP contribution in [0.5, 0.6) is 0 Å². The molecule has 3 rings (SSSR count). The zero-order chi connectivity index (χ0) is 19.8. The van der Waals surface area contributed by atoms with E-state index in [1.54, 1.807) is 24.3 Å². The molecule has 28 heavy (non-hydrogen) atoms. The molecule has 0 heterocycles. The standard InChI is InChI=1S/C24H24N2O2/c1-19(27)22-12-14-23(15-13-22)25-24(28)18-26(16-20-8-4-2-5-9-20)17-21-10-6-3-7-11-21/h2-15H,16-18H2,1H3,(H,25,28). The highest BCUT2D eigenvalue weighted by molar-refractivity contribution is 5.96. The molecule has 0 atom stereocenters. The summed E-state index contributed by atoms with van der Waals surface area (Å²) in [6, 6.07) is 27.2. The van der Waals surface area contributed by atoms with Gasteiger partial charge in [0, 0.05) is 24.3 Å². The van der Waals surface area contributed by atoms with E-state index < -0.39 is 0 Å². The molecule has 0 spiro atoms. The number of nitrogens with one attached hydrogen (secondary N) is 1. The van der Waals surface area contributed by atoms with Crippen molar-refractivity contribution >= 4 is 17.4 Å². The summed E-state index contributed by atoms with van der Waals surface area (Å²) in [5, 5.41) is 2.92. The van der Waals surface area contributed by atoms with Crippen LogP contribution in [0.1, 0.15) is 28.4 Å². The SMILES string of the molecule is CC(=O)c1ccc(NC(=O)CN(Cc2ccccc2)Cc2ccccc2)cc1. The van der Waals surface area contributed by atoms with Crippen LogP contribution in [-0.2, 0) is 17.9 Å². The van der Waals surface area contributed by atoms with Crippen molar-refractivity contribution in [2.75, 3.05) is 11.9 Å². The third-order valence-corrected chi connectivity index (χ3v) is 4.44. The lowest BCUT2D eigenvalue weighted by atomic mass is 10.1. The molecule has 0 bridgehead atoms. The Morgan fingerprint density at radius 3 is 1.71 bits per heavy atom. The topological polar surface area (TPSA) is 49.4 Å². The van der Waals surface area contributed by atoms with Gasteiger partial charge in [-0.05, 0) is 42.3 Å². The summed E-state index contributed by atoms with van der Waals surface area (Å²) in [6.45, 7) is 3.18. The number of carbonyl (C=O) groups is 2. The second-order valence-corrected chi connectivity index (χ2v) is 6.80. The Kier molecular flexibility index (Phi) is 6.71. The van der Waals surface area contributed by atoms with Crippen LogP contribution in [0.3, 0.4) is 0 Å². The van der Waals surface area contributed by atoms with Crippen molar-refractivity contribution in [3.8, 4) is 0 Å². The molecule has 1 amide bonds. The van der Waals surface area contributed by atoms with Crippen LogP contribution in [0.4, 0.5) is 5.69 Å². The first-order chi connectivity index (χ1) is 13.6. The van der Waals surface area contributed by atoms with Gasteiger partial charge < -0.3 is 5.32 Å². The lowest BCUT2D eigenvalue weighted by Gasteiger charge is -2.22. The minimum Gasteiger partial charge on any atom is -0.325 e. The predicted molar refractivity (Wildman–Crippen MR) is 112 cm³/mol. The number of Topliss-reactive ketones (excluding diaryl/α,β-unsaturated/α-hetero) is 1. The third-order valence-electron chi connectivity index (χ3n) is 4.44. The van der Waals surface area contributed by atoms with Crippen molar-refractivity contribution in [2.24, 2.45) is 0 Å². The van der Waals surface area contributed by atoms with Crippen molar-refractivity contribution in [1.29, 1.82) is 0 Å². The number of carbonyl (C=O) groups excluding carboxylic acids is 2. The zero-order valence-electron chi connectivity index (χ0n) is 16.0. The molecule has 0 aliphatic heterocycles. The molecule has 0 saturated carbocycles. The fraction of sp³-hybridized carbons (Fsp3) is 0.167. The number of rotatable bonds is 8. The van der Waals surface area contributed by atoms with Crippen LogP contribution in [0.15, 0.2) is 84.9 Å². The molecule has 1 N–H and O–H groups in total.